The lowest BCUT2D eigenvalue weighted by Crippen LogP contribution is -2.03. The molecular weight excluding hydrogens is 240 g/mol. The summed E-state index contributed by atoms with van der Waals surface area (Å²) in [4.78, 5) is 0. The zero-order chi connectivity index (χ0) is 9.42. The number of benzene rings is 1. The minimum Gasteiger partial charge on any atom is -0.380 e. The van der Waals surface area contributed by atoms with Gasteiger partial charge in [0.2, 0.25) is 0 Å². The van der Waals surface area contributed by atoms with Crippen LogP contribution in [0.3, 0.4) is 0 Å². The minimum atomic E-state index is -0.571. The summed E-state index contributed by atoms with van der Waals surface area (Å²) in [6, 6.07) is 3.04. The lowest BCUT2D eigenvalue weighted by Gasteiger charge is -2.07. The molecule has 1 nitrogen and oxygen atoms in total. The zero-order valence-corrected chi connectivity index (χ0v) is 8.37. The fourth-order valence-corrected chi connectivity index (χ4v) is 1.43. The van der Waals surface area contributed by atoms with Crippen LogP contribution in [-0.2, 0) is 0 Å². The number of rotatable bonds is 2. The molecule has 0 saturated heterocycles. The molecule has 0 aliphatic heterocycles. The molecule has 0 radical (unpaired) electrons. The second kappa shape index (κ2) is 3.25. The number of hydrogen-bond donors (Lipinski definition) is 1. The third-order valence-corrected chi connectivity index (χ3v) is 2.70. The maximum Gasteiger partial charge on any atom is 0.163 e. The van der Waals surface area contributed by atoms with E-state index in [1.165, 1.54) is 12.1 Å². The van der Waals surface area contributed by atoms with E-state index in [0.717, 1.165) is 12.8 Å². The van der Waals surface area contributed by atoms with Crippen molar-refractivity contribution >= 4 is 21.6 Å². The standard InChI is InChI=1S/C9H8BrF2N/c10-8-6(11)3-4-7(9(8)12)13-5-1-2-5/h3-5,13H,1-2H2. The van der Waals surface area contributed by atoms with E-state index < -0.39 is 11.6 Å². The Hall–Kier alpha value is -0.640. The van der Waals surface area contributed by atoms with Crippen LogP contribution in [0.5, 0.6) is 0 Å². The SMILES string of the molecule is Fc1ccc(NC2CC2)c(F)c1Br. The molecule has 13 heavy (non-hydrogen) atoms. The van der Waals surface area contributed by atoms with Crippen LogP contribution in [0.1, 0.15) is 12.8 Å². The fraction of sp³-hybridized carbons (Fsp3) is 0.333. The third kappa shape index (κ3) is 1.82. The van der Waals surface area contributed by atoms with Crippen molar-refractivity contribution in [2.24, 2.45) is 0 Å². The Bertz CT molecular complexity index is 337. The van der Waals surface area contributed by atoms with E-state index in [1.54, 1.807) is 0 Å². The first-order chi connectivity index (χ1) is 6.18. The molecule has 70 valence electrons. The Morgan fingerprint density at radius 2 is 2.00 bits per heavy atom. The van der Waals surface area contributed by atoms with E-state index in [-0.39, 0.29) is 4.47 Å². The van der Waals surface area contributed by atoms with Crippen LogP contribution < -0.4 is 5.32 Å². The molecule has 0 atom stereocenters. The molecule has 1 aliphatic carbocycles. The van der Waals surface area contributed by atoms with Gasteiger partial charge in [-0.25, -0.2) is 8.78 Å². The van der Waals surface area contributed by atoms with Crippen molar-refractivity contribution in [1.82, 2.24) is 0 Å². The van der Waals surface area contributed by atoms with Crippen molar-refractivity contribution < 1.29 is 8.78 Å². The predicted molar refractivity (Wildman–Crippen MR) is 50.7 cm³/mol. The van der Waals surface area contributed by atoms with Gasteiger partial charge in [0, 0.05) is 6.04 Å². The molecule has 1 saturated carbocycles. The first kappa shape index (κ1) is 8.94. The molecule has 0 aromatic heterocycles. The third-order valence-electron chi connectivity index (χ3n) is 1.97. The number of halogens is 3. The number of anilines is 1. The molecule has 1 aromatic carbocycles. The van der Waals surface area contributed by atoms with E-state index in [9.17, 15) is 8.78 Å². The molecule has 0 unspecified atom stereocenters. The summed E-state index contributed by atoms with van der Waals surface area (Å²) in [6.07, 6.45) is 2.13. The van der Waals surface area contributed by atoms with Crippen LogP contribution in [0, 0.1) is 11.6 Å². The van der Waals surface area contributed by atoms with Crippen LogP contribution in [-0.4, -0.2) is 6.04 Å². The quantitative estimate of drug-likeness (QED) is 0.792. The first-order valence-corrected chi connectivity index (χ1v) is 4.88. The Morgan fingerprint density at radius 1 is 1.31 bits per heavy atom. The highest BCUT2D eigenvalue weighted by molar-refractivity contribution is 9.10. The van der Waals surface area contributed by atoms with E-state index in [0.29, 0.717) is 11.7 Å². The molecule has 1 aromatic rings. The molecule has 0 heterocycles. The van der Waals surface area contributed by atoms with Crippen molar-refractivity contribution in [3.8, 4) is 0 Å². The molecule has 0 amide bonds. The van der Waals surface area contributed by atoms with E-state index >= 15 is 0 Å². The topological polar surface area (TPSA) is 12.0 Å². The highest BCUT2D eigenvalue weighted by atomic mass is 79.9. The molecule has 0 bridgehead atoms. The monoisotopic (exact) mass is 247 g/mol. The van der Waals surface area contributed by atoms with Crippen LogP contribution in [0.15, 0.2) is 16.6 Å². The number of hydrogen-bond acceptors (Lipinski definition) is 1. The second-order valence-electron chi connectivity index (χ2n) is 3.14. The molecule has 1 aliphatic rings. The van der Waals surface area contributed by atoms with Crippen molar-refractivity contribution in [1.29, 1.82) is 0 Å². The van der Waals surface area contributed by atoms with Gasteiger partial charge in [-0.05, 0) is 40.9 Å². The molecule has 1 fully saturated rings. The largest absolute Gasteiger partial charge is 0.380 e. The molecule has 2 rings (SSSR count). The van der Waals surface area contributed by atoms with Crippen LogP contribution in [0.2, 0.25) is 0 Å². The molecule has 4 heteroatoms. The lowest BCUT2D eigenvalue weighted by molar-refractivity contribution is 0.573. The number of nitrogens with one attached hydrogen (secondary N) is 1. The van der Waals surface area contributed by atoms with Gasteiger partial charge in [0.05, 0.1) is 10.2 Å². The summed E-state index contributed by atoms with van der Waals surface area (Å²) in [5.74, 6) is -1.12. The van der Waals surface area contributed by atoms with Gasteiger partial charge in [-0.2, -0.15) is 0 Å². The smallest absolute Gasteiger partial charge is 0.163 e. The van der Waals surface area contributed by atoms with Gasteiger partial charge in [-0.15, -0.1) is 0 Å². The van der Waals surface area contributed by atoms with Crippen LogP contribution in [0.25, 0.3) is 0 Å². The molecule has 0 spiro atoms. The van der Waals surface area contributed by atoms with Crippen LogP contribution in [0.4, 0.5) is 14.5 Å². The van der Waals surface area contributed by atoms with Gasteiger partial charge in [0.25, 0.3) is 0 Å². The molecule has 1 N–H and O–H groups in total. The summed E-state index contributed by atoms with van der Waals surface area (Å²) in [7, 11) is 0. The Morgan fingerprint density at radius 3 is 2.62 bits per heavy atom. The summed E-state index contributed by atoms with van der Waals surface area (Å²) < 4.78 is 26.0. The van der Waals surface area contributed by atoms with Gasteiger partial charge in [0.15, 0.2) is 5.82 Å². The van der Waals surface area contributed by atoms with Crippen molar-refractivity contribution in [3.05, 3.63) is 28.2 Å². The van der Waals surface area contributed by atoms with Gasteiger partial charge in [-0.3, -0.25) is 0 Å². The zero-order valence-electron chi connectivity index (χ0n) is 6.78. The van der Waals surface area contributed by atoms with E-state index in [2.05, 4.69) is 21.2 Å². The Balaban J connectivity index is 2.29. The summed E-state index contributed by atoms with van der Waals surface area (Å²) in [5, 5.41) is 2.98. The van der Waals surface area contributed by atoms with E-state index in [4.69, 9.17) is 0 Å². The average Bonchev–Trinajstić information content (AvgIpc) is 2.90. The maximum absolute atomic E-state index is 13.3. The maximum atomic E-state index is 13.3. The van der Waals surface area contributed by atoms with Gasteiger partial charge >= 0.3 is 0 Å². The van der Waals surface area contributed by atoms with Crippen molar-refractivity contribution in [3.63, 3.8) is 0 Å². The van der Waals surface area contributed by atoms with Gasteiger partial charge in [0.1, 0.15) is 5.82 Å². The summed E-state index contributed by atoms with van der Waals surface area (Å²) in [5.41, 5.74) is 0.371. The van der Waals surface area contributed by atoms with Crippen molar-refractivity contribution in [2.45, 2.75) is 18.9 Å². The normalized spacial score (nSPS) is 15.9. The second-order valence-corrected chi connectivity index (χ2v) is 3.93. The average molecular weight is 248 g/mol. The molecular formula is C9H8BrF2N. The van der Waals surface area contributed by atoms with Crippen LogP contribution >= 0.6 is 15.9 Å². The van der Waals surface area contributed by atoms with Gasteiger partial charge < -0.3 is 5.32 Å². The summed E-state index contributed by atoms with van der Waals surface area (Å²) >= 11 is 2.85. The first-order valence-electron chi connectivity index (χ1n) is 4.08. The van der Waals surface area contributed by atoms with E-state index in [1.807, 2.05) is 0 Å². The Labute approximate surface area is 83.3 Å². The lowest BCUT2D eigenvalue weighted by atomic mass is 10.3. The highest BCUT2D eigenvalue weighted by Crippen LogP contribution is 2.30. The fourth-order valence-electron chi connectivity index (χ4n) is 1.08. The highest BCUT2D eigenvalue weighted by Gasteiger charge is 2.23. The van der Waals surface area contributed by atoms with Gasteiger partial charge in [-0.1, -0.05) is 0 Å². The minimum absolute atomic E-state index is 0.0989. The Kier molecular flexibility index (Phi) is 2.24. The van der Waals surface area contributed by atoms with Crippen molar-refractivity contribution in [2.75, 3.05) is 5.32 Å². The predicted octanol–water partition coefficient (Wildman–Crippen LogP) is 3.30. The summed E-state index contributed by atoms with van der Waals surface area (Å²) in [6.45, 7) is 0.